The number of fused-ring (bicyclic) bond motifs is 2. The van der Waals surface area contributed by atoms with Gasteiger partial charge in [-0.3, -0.25) is 9.78 Å². The molecule has 0 spiro atoms. The number of hydrogen-bond donors (Lipinski definition) is 1. The van der Waals surface area contributed by atoms with Crippen molar-refractivity contribution >= 4 is 33.8 Å². The molecule has 0 bridgehead atoms. The van der Waals surface area contributed by atoms with Crippen LogP contribution >= 0.6 is 0 Å². The van der Waals surface area contributed by atoms with Crippen molar-refractivity contribution in [2.75, 3.05) is 0 Å². The van der Waals surface area contributed by atoms with Gasteiger partial charge in [0.15, 0.2) is 0 Å². The molecule has 5 aromatic rings. The molecule has 1 N–H and O–H groups in total. The van der Waals surface area contributed by atoms with Gasteiger partial charge in [-0.05, 0) is 40.6 Å². The molecular formula is C26H20N4O. The number of para-hydroxylation sites is 1. The van der Waals surface area contributed by atoms with Crippen LogP contribution in [0, 0.1) is 0 Å². The van der Waals surface area contributed by atoms with Crippen molar-refractivity contribution < 1.29 is 4.79 Å². The Hall–Kier alpha value is -4.25. The largest absolute Gasteiger partial charge is 0.342 e. The number of carbonyl (C=O) groups excluding carboxylic acids is 1. The van der Waals surface area contributed by atoms with Crippen molar-refractivity contribution in [1.29, 1.82) is 0 Å². The van der Waals surface area contributed by atoms with Crippen LogP contribution < -0.4 is 5.43 Å². The van der Waals surface area contributed by atoms with Gasteiger partial charge in [0.2, 0.25) is 0 Å². The van der Waals surface area contributed by atoms with E-state index in [-0.39, 0.29) is 5.91 Å². The van der Waals surface area contributed by atoms with Crippen LogP contribution in [0.5, 0.6) is 0 Å². The van der Waals surface area contributed by atoms with Crippen LogP contribution in [0.3, 0.4) is 0 Å². The minimum atomic E-state index is -0.288. The molecule has 0 saturated carbocycles. The Kier molecular flexibility index (Phi) is 4.99. The van der Waals surface area contributed by atoms with Gasteiger partial charge in [0.1, 0.15) is 0 Å². The van der Waals surface area contributed by atoms with E-state index in [9.17, 15) is 4.79 Å². The number of nitrogens with zero attached hydrogens (tertiary/aromatic N) is 3. The maximum Gasteiger partial charge on any atom is 0.272 e. The topological polar surface area (TPSA) is 59.3 Å². The van der Waals surface area contributed by atoms with Gasteiger partial charge in [0, 0.05) is 41.6 Å². The van der Waals surface area contributed by atoms with Crippen molar-refractivity contribution in [3.05, 3.63) is 114 Å². The predicted octanol–water partition coefficient (Wildman–Crippen LogP) is 5.00. The number of nitrogens with one attached hydrogen (secondary N) is 1. The molecule has 2 heterocycles. The molecule has 0 saturated heterocycles. The van der Waals surface area contributed by atoms with E-state index in [0.29, 0.717) is 5.56 Å². The highest BCUT2D eigenvalue weighted by Gasteiger charge is 2.08. The van der Waals surface area contributed by atoms with Gasteiger partial charge < -0.3 is 4.57 Å². The highest BCUT2D eigenvalue weighted by atomic mass is 16.2. The van der Waals surface area contributed by atoms with Crippen molar-refractivity contribution in [2.45, 2.75) is 6.54 Å². The summed E-state index contributed by atoms with van der Waals surface area (Å²) in [5.74, 6) is -0.288. The molecular weight excluding hydrogens is 384 g/mol. The first kappa shape index (κ1) is 18.8. The molecule has 0 radical (unpaired) electrons. The van der Waals surface area contributed by atoms with Gasteiger partial charge in [0.05, 0.1) is 11.8 Å². The van der Waals surface area contributed by atoms with Crippen LogP contribution in [0.1, 0.15) is 21.5 Å². The fourth-order valence-corrected chi connectivity index (χ4v) is 3.76. The van der Waals surface area contributed by atoms with Crippen molar-refractivity contribution in [1.82, 2.24) is 15.0 Å². The number of rotatable bonds is 5. The first-order valence-electron chi connectivity index (χ1n) is 10.1. The van der Waals surface area contributed by atoms with Crippen molar-refractivity contribution in [3.8, 4) is 0 Å². The van der Waals surface area contributed by atoms with Crippen LogP contribution in [-0.2, 0) is 6.54 Å². The Bertz CT molecular complexity index is 1400. The lowest BCUT2D eigenvalue weighted by Gasteiger charge is -2.07. The fraction of sp³-hybridized carbons (Fsp3) is 0.0385. The summed E-state index contributed by atoms with van der Waals surface area (Å²) in [7, 11) is 0. The first-order chi connectivity index (χ1) is 15.3. The Morgan fingerprint density at radius 1 is 0.968 bits per heavy atom. The summed E-state index contributed by atoms with van der Waals surface area (Å²) in [5.41, 5.74) is 6.34. The quantitative estimate of drug-likeness (QED) is 0.331. The van der Waals surface area contributed by atoms with E-state index in [1.54, 1.807) is 24.5 Å². The molecule has 1 amide bonds. The third kappa shape index (κ3) is 3.94. The Balaban J connectivity index is 1.41. The standard InChI is InChI=1S/C26H20N4O/c31-26(22-8-5-13-27-15-22)29-28-16-23-18-30(25-10-4-3-9-24(23)25)17-19-11-12-20-6-1-2-7-21(20)14-19/h1-16,18H,17H2,(H,29,31)/b28-16-. The Morgan fingerprint density at radius 3 is 2.68 bits per heavy atom. The summed E-state index contributed by atoms with van der Waals surface area (Å²) in [6.07, 6.45) is 6.90. The number of hydrogen-bond acceptors (Lipinski definition) is 3. The molecule has 3 aromatic carbocycles. The molecule has 2 aromatic heterocycles. The van der Waals surface area contributed by atoms with Crippen molar-refractivity contribution in [3.63, 3.8) is 0 Å². The summed E-state index contributed by atoms with van der Waals surface area (Å²) in [6.45, 7) is 0.751. The zero-order valence-electron chi connectivity index (χ0n) is 16.8. The summed E-state index contributed by atoms with van der Waals surface area (Å²) in [4.78, 5) is 16.1. The average molecular weight is 404 g/mol. The molecule has 0 aliphatic heterocycles. The highest BCUT2D eigenvalue weighted by Crippen LogP contribution is 2.23. The monoisotopic (exact) mass is 404 g/mol. The summed E-state index contributed by atoms with van der Waals surface area (Å²) < 4.78 is 2.21. The molecule has 31 heavy (non-hydrogen) atoms. The van der Waals surface area contributed by atoms with E-state index >= 15 is 0 Å². The van der Waals surface area contributed by atoms with E-state index in [0.717, 1.165) is 23.0 Å². The molecule has 5 nitrogen and oxygen atoms in total. The minimum absolute atomic E-state index is 0.288. The molecule has 0 fully saturated rings. The number of hydrazone groups is 1. The normalized spacial score (nSPS) is 11.4. The summed E-state index contributed by atoms with van der Waals surface area (Å²) in [5, 5.41) is 7.72. The van der Waals surface area contributed by atoms with Crippen LogP contribution in [-0.4, -0.2) is 21.7 Å². The van der Waals surface area contributed by atoms with Gasteiger partial charge >= 0.3 is 0 Å². The van der Waals surface area contributed by atoms with Crippen LogP contribution in [0.4, 0.5) is 0 Å². The minimum Gasteiger partial charge on any atom is -0.342 e. The lowest BCUT2D eigenvalue weighted by atomic mass is 10.1. The van der Waals surface area contributed by atoms with Gasteiger partial charge in [-0.1, -0.05) is 54.6 Å². The zero-order chi connectivity index (χ0) is 21.0. The highest BCUT2D eigenvalue weighted by molar-refractivity contribution is 6.00. The van der Waals surface area contributed by atoms with E-state index in [4.69, 9.17) is 0 Å². The summed E-state index contributed by atoms with van der Waals surface area (Å²) >= 11 is 0. The SMILES string of the molecule is O=C(N/N=C\c1cn(Cc2ccc3ccccc3c2)c2ccccc12)c1cccnc1. The lowest BCUT2D eigenvalue weighted by Crippen LogP contribution is -2.17. The van der Waals surface area contributed by atoms with E-state index in [1.807, 2.05) is 12.1 Å². The number of benzene rings is 3. The van der Waals surface area contributed by atoms with Gasteiger partial charge in [0.25, 0.3) is 5.91 Å². The number of aromatic nitrogens is 2. The Morgan fingerprint density at radius 2 is 1.81 bits per heavy atom. The Labute approximate surface area is 179 Å². The molecule has 150 valence electrons. The van der Waals surface area contributed by atoms with Crippen LogP contribution in [0.25, 0.3) is 21.7 Å². The summed E-state index contributed by atoms with van der Waals surface area (Å²) in [6, 6.07) is 26.6. The van der Waals surface area contributed by atoms with E-state index in [1.165, 1.54) is 22.5 Å². The zero-order valence-corrected chi connectivity index (χ0v) is 16.8. The lowest BCUT2D eigenvalue weighted by molar-refractivity contribution is 0.0955. The molecule has 0 aliphatic rings. The van der Waals surface area contributed by atoms with Crippen LogP contribution in [0.15, 0.2) is 103 Å². The second-order valence-electron chi connectivity index (χ2n) is 7.35. The van der Waals surface area contributed by atoms with E-state index < -0.39 is 0 Å². The van der Waals surface area contributed by atoms with Crippen LogP contribution in [0.2, 0.25) is 0 Å². The average Bonchev–Trinajstić information content (AvgIpc) is 3.17. The number of carbonyl (C=O) groups is 1. The third-order valence-corrected chi connectivity index (χ3v) is 5.28. The smallest absolute Gasteiger partial charge is 0.272 e. The maximum absolute atomic E-state index is 12.2. The second kappa shape index (κ2) is 8.24. The molecule has 0 atom stereocenters. The molecule has 0 aliphatic carbocycles. The molecule has 0 unspecified atom stereocenters. The molecule has 5 heteroatoms. The first-order valence-corrected chi connectivity index (χ1v) is 10.1. The van der Waals surface area contributed by atoms with Gasteiger partial charge in [-0.2, -0.15) is 5.10 Å². The number of pyridine rings is 1. The molecule has 5 rings (SSSR count). The van der Waals surface area contributed by atoms with Gasteiger partial charge in [-0.25, -0.2) is 5.43 Å². The van der Waals surface area contributed by atoms with E-state index in [2.05, 4.69) is 80.9 Å². The predicted molar refractivity (Wildman–Crippen MR) is 124 cm³/mol. The third-order valence-electron chi connectivity index (χ3n) is 5.28. The number of amides is 1. The second-order valence-corrected chi connectivity index (χ2v) is 7.35. The maximum atomic E-state index is 12.2. The van der Waals surface area contributed by atoms with Gasteiger partial charge in [-0.15, -0.1) is 0 Å². The fourth-order valence-electron chi connectivity index (χ4n) is 3.76. The van der Waals surface area contributed by atoms with Crippen molar-refractivity contribution in [2.24, 2.45) is 5.10 Å².